The maximum absolute atomic E-state index is 14.7. The van der Waals surface area contributed by atoms with Crippen molar-refractivity contribution in [1.82, 2.24) is 15.3 Å². The zero-order valence-corrected chi connectivity index (χ0v) is 17.7. The third-order valence-corrected chi connectivity index (χ3v) is 5.29. The first-order chi connectivity index (χ1) is 16.6. The van der Waals surface area contributed by atoms with Crippen molar-refractivity contribution < 1.29 is 37.0 Å². The number of nitrogens with zero attached hydrogens (tertiary/aromatic N) is 3. The summed E-state index contributed by atoms with van der Waals surface area (Å²) >= 11 is 0. The van der Waals surface area contributed by atoms with Crippen LogP contribution in [0, 0.1) is 5.82 Å². The Morgan fingerprint density at radius 3 is 2.69 bits per heavy atom. The Kier molecular flexibility index (Phi) is 6.16. The van der Waals surface area contributed by atoms with Gasteiger partial charge in [0.25, 0.3) is 5.91 Å². The summed E-state index contributed by atoms with van der Waals surface area (Å²) in [6.07, 6.45) is -2.33. The average Bonchev–Trinajstić information content (AvgIpc) is 2.84. The van der Waals surface area contributed by atoms with E-state index in [-0.39, 0.29) is 41.4 Å². The van der Waals surface area contributed by atoms with E-state index in [0.717, 1.165) is 12.1 Å². The third-order valence-electron chi connectivity index (χ3n) is 5.29. The van der Waals surface area contributed by atoms with Gasteiger partial charge in [-0.25, -0.2) is 4.39 Å². The van der Waals surface area contributed by atoms with Crippen molar-refractivity contribution in [3.63, 3.8) is 0 Å². The Morgan fingerprint density at radius 1 is 1.23 bits per heavy atom. The van der Waals surface area contributed by atoms with Gasteiger partial charge >= 0.3 is 6.36 Å². The first-order valence-electron chi connectivity index (χ1n) is 10.0. The molecule has 3 aromatic rings. The van der Waals surface area contributed by atoms with Crippen molar-refractivity contribution >= 4 is 11.7 Å². The second kappa shape index (κ2) is 9.08. The fourth-order valence-electron chi connectivity index (χ4n) is 3.70. The molecule has 4 rings (SSSR count). The summed E-state index contributed by atoms with van der Waals surface area (Å²) in [6.45, 7) is 0.0945. The molecule has 1 amide bonds. The largest absolute Gasteiger partial charge is 0.573 e. The lowest BCUT2D eigenvalue weighted by Crippen LogP contribution is -2.50. The second-order valence-electron chi connectivity index (χ2n) is 7.42. The molecule has 13 heteroatoms. The van der Waals surface area contributed by atoms with Crippen LogP contribution < -0.4 is 20.5 Å². The van der Waals surface area contributed by atoms with E-state index in [1.54, 1.807) is 12.1 Å². The van der Waals surface area contributed by atoms with Gasteiger partial charge in [-0.05, 0) is 42.0 Å². The quantitative estimate of drug-likeness (QED) is 0.164. The van der Waals surface area contributed by atoms with Crippen molar-refractivity contribution in [2.45, 2.75) is 18.3 Å². The van der Waals surface area contributed by atoms with Crippen LogP contribution in [0.4, 0.5) is 17.6 Å². The van der Waals surface area contributed by atoms with Gasteiger partial charge in [0.05, 0.1) is 6.61 Å². The minimum atomic E-state index is -5.08. The molecule has 35 heavy (non-hydrogen) atoms. The number of alkyl halides is 3. The zero-order chi connectivity index (χ0) is 25.2. The van der Waals surface area contributed by atoms with Crippen LogP contribution >= 0.6 is 0 Å². The van der Waals surface area contributed by atoms with Crippen molar-refractivity contribution in [1.29, 1.82) is 0 Å². The molecule has 1 aliphatic heterocycles. The van der Waals surface area contributed by atoms with Gasteiger partial charge in [0, 0.05) is 24.4 Å². The maximum atomic E-state index is 14.7. The van der Waals surface area contributed by atoms with Gasteiger partial charge in [-0.15, -0.1) is 13.2 Å². The van der Waals surface area contributed by atoms with E-state index in [9.17, 15) is 22.4 Å². The number of benzene rings is 1. The minimum absolute atomic E-state index is 0.0552. The van der Waals surface area contributed by atoms with E-state index in [4.69, 9.17) is 15.7 Å². The molecule has 9 nitrogen and oxygen atoms in total. The van der Waals surface area contributed by atoms with Gasteiger partial charge in [-0.3, -0.25) is 14.8 Å². The molecule has 2 aromatic heterocycles. The predicted molar refractivity (Wildman–Crippen MR) is 112 cm³/mol. The van der Waals surface area contributed by atoms with Gasteiger partial charge in [0.2, 0.25) is 0 Å². The summed E-state index contributed by atoms with van der Waals surface area (Å²) in [5.41, 5.74) is 4.60. The monoisotopic (exact) mass is 491 g/mol. The Bertz CT molecular complexity index is 1280. The lowest BCUT2D eigenvalue weighted by Gasteiger charge is -2.39. The highest BCUT2D eigenvalue weighted by molar-refractivity contribution is 5.98. The summed E-state index contributed by atoms with van der Waals surface area (Å²) in [5.74, 6) is -2.88. The number of hydrogen-bond acceptors (Lipinski definition) is 7. The second-order valence-corrected chi connectivity index (χ2v) is 7.42. The molecule has 182 valence electrons. The standard InChI is InChI=1S/C22H17F4N5O4/c23-14-10-13(4-6-16(14)35-22(24,25)26)21(7-9-34-17-2-1-8-28-18(17)21)30-20(32)15-5-3-12(11-29-15)19(27)31-33/h1-6,8,10-11,33H,7,9H2,(H2,27,31)(H,30,32)/t21-/m0/s1. The van der Waals surface area contributed by atoms with Crippen molar-refractivity contribution in [2.24, 2.45) is 10.9 Å². The van der Waals surface area contributed by atoms with Crippen LogP contribution in [-0.2, 0) is 5.54 Å². The fourth-order valence-corrected chi connectivity index (χ4v) is 3.70. The molecule has 1 atom stereocenters. The molecule has 1 aromatic carbocycles. The Morgan fingerprint density at radius 2 is 2.03 bits per heavy atom. The van der Waals surface area contributed by atoms with Gasteiger partial charge in [-0.1, -0.05) is 11.2 Å². The van der Waals surface area contributed by atoms with Gasteiger partial charge < -0.3 is 25.7 Å². The van der Waals surface area contributed by atoms with Crippen LogP contribution in [0.1, 0.15) is 33.7 Å². The number of oxime groups is 1. The molecule has 0 saturated heterocycles. The number of nitrogens with one attached hydrogen (secondary N) is 1. The van der Waals surface area contributed by atoms with Crippen LogP contribution in [0.25, 0.3) is 0 Å². The van der Waals surface area contributed by atoms with E-state index in [1.807, 2.05) is 0 Å². The first kappa shape index (κ1) is 23.7. The first-order valence-corrected chi connectivity index (χ1v) is 10.0. The molecule has 0 bridgehead atoms. The summed E-state index contributed by atoms with van der Waals surface area (Å²) in [6, 6.07) is 8.82. The molecule has 3 heterocycles. The highest BCUT2D eigenvalue weighted by Crippen LogP contribution is 2.42. The smallest absolute Gasteiger partial charge is 0.491 e. The van der Waals surface area contributed by atoms with Crippen LogP contribution in [0.15, 0.2) is 60.0 Å². The Labute approximate surface area is 195 Å². The molecule has 4 N–H and O–H groups in total. The molecule has 0 unspecified atom stereocenters. The van der Waals surface area contributed by atoms with Crippen LogP contribution in [0.2, 0.25) is 0 Å². The lowest BCUT2D eigenvalue weighted by molar-refractivity contribution is -0.275. The van der Waals surface area contributed by atoms with Crippen molar-refractivity contribution in [2.75, 3.05) is 6.61 Å². The van der Waals surface area contributed by atoms with E-state index < -0.39 is 29.4 Å². The van der Waals surface area contributed by atoms with Gasteiger partial charge in [0.15, 0.2) is 17.4 Å². The molecule has 1 aliphatic rings. The number of ether oxygens (including phenoxy) is 2. The predicted octanol–water partition coefficient (Wildman–Crippen LogP) is 3.06. The van der Waals surface area contributed by atoms with Crippen molar-refractivity contribution in [3.05, 3.63) is 83.2 Å². The number of rotatable bonds is 5. The molecule has 0 aliphatic carbocycles. The van der Waals surface area contributed by atoms with Crippen molar-refractivity contribution in [3.8, 4) is 11.5 Å². The summed E-state index contributed by atoms with van der Waals surface area (Å²) in [5, 5.41) is 14.4. The summed E-state index contributed by atoms with van der Waals surface area (Å²) < 4.78 is 61.8. The average molecular weight is 491 g/mol. The molecular formula is C22H17F4N5O4. The van der Waals surface area contributed by atoms with Crippen LogP contribution in [0.5, 0.6) is 11.5 Å². The van der Waals surface area contributed by atoms with E-state index in [2.05, 4.69) is 25.2 Å². The maximum Gasteiger partial charge on any atom is 0.573 e. The van der Waals surface area contributed by atoms with Crippen LogP contribution in [-0.4, -0.2) is 39.9 Å². The van der Waals surface area contributed by atoms with E-state index >= 15 is 0 Å². The highest BCUT2D eigenvalue weighted by atomic mass is 19.4. The molecule has 0 saturated carbocycles. The molecule has 0 fully saturated rings. The number of carbonyl (C=O) groups excluding carboxylic acids is 1. The number of halogens is 4. The number of hydrogen-bond donors (Lipinski definition) is 3. The van der Waals surface area contributed by atoms with E-state index in [1.165, 1.54) is 30.6 Å². The molecule has 0 radical (unpaired) electrons. The number of pyridine rings is 2. The zero-order valence-electron chi connectivity index (χ0n) is 17.7. The molecular weight excluding hydrogens is 474 g/mol. The summed E-state index contributed by atoms with van der Waals surface area (Å²) in [7, 11) is 0. The lowest BCUT2D eigenvalue weighted by atomic mass is 9.81. The fraction of sp³-hybridized carbons (Fsp3) is 0.182. The normalized spacial score (nSPS) is 17.8. The van der Waals surface area contributed by atoms with Gasteiger partial charge in [0.1, 0.15) is 22.7 Å². The summed E-state index contributed by atoms with van der Waals surface area (Å²) in [4.78, 5) is 21.5. The topological polar surface area (TPSA) is 132 Å². The number of nitrogens with two attached hydrogens (primary N) is 1. The number of fused-ring (bicyclic) bond motifs is 1. The Balaban J connectivity index is 1.76. The van der Waals surface area contributed by atoms with Gasteiger partial charge in [-0.2, -0.15) is 0 Å². The highest BCUT2D eigenvalue weighted by Gasteiger charge is 2.43. The number of aromatic nitrogens is 2. The minimum Gasteiger partial charge on any atom is -0.491 e. The SMILES string of the molecule is N/C(=N/O)c1ccc(C(=O)N[C@]2(c3ccc(OC(F)(F)F)c(F)c3)CCOc3cccnc32)nc1. The van der Waals surface area contributed by atoms with E-state index in [0.29, 0.717) is 5.75 Å². The van der Waals surface area contributed by atoms with Crippen LogP contribution in [0.3, 0.4) is 0 Å². The third kappa shape index (κ3) is 4.78. The Hall–Kier alpha value is -4.42. The number of amidine groups is 1. The number of amides is 1. The number of carbonyl (C=O) groups is 1. The molecule has 0 spiro atoms.